The third-order valence-electron chi connectivity index (χ3n) is 3.53. The summed E-state index contributed by atoms with van der Waals surface area (Å²) in [5.74, 6) is 0.807. The molecule has 0 unspecified atom stereocenters. The van der Waals surface area contributed by atoms with E-state index in [2.05, 4.69) is 10.6 Å². The molecule has 0 heterocycles. The Labute approximate surface area is 127 Å². The number of carbonyl (C=O) groups is 1. The van der Waals surface area contributed by atoms with Crippen LogP contribution in [0.25, 0.3) is 0 Å². The summed E-state index contributed by atoms with van der Waals surface area (Å²) >= 11 is 0. The minimum absolute atomic E-state index is 0.193. The van der Waals surface area contributed by atoms with Crippen molar-refractivity contribution in [3.05, 3.63) is 29.3 Å². The number of benzene rings is 1. The van der Waals surface area contributed by atoms with Crippen LogP contribution in [0.2, 0.25) is 0 Å². The van der Waals surface area contributed by atoms with Crippen molar-refractivity contribution in [1.82, 2.24) is 10.6 Å². The molecule has 4 nitrogen and oxygen atoms in total. The first-order chi connectivity index (χ1) is 10.4. The van der Waals surface area contributed by atoms with Crippen LogP contribution in [0.1, 0.15) is 36.9 Å². The summed E-state index contributed by atoms with van der Waals surface area (Å²) in [7, 11) is 0. The Morgan fingerprint density at radius 3 is 2.86 bits per heavy atom. The smallest absolute Gasteiger partial charge is 0.390 e. The average Bonchev–Trinajstić information content (AvgIpc) is 2.82. The molecular formula is C15H19F3N2O2. The molecule has 0 aliphatic heterocycles. The minimum atomic E-state index is -4.26. The Kier molecular flexibility index (Phi) is 5.15. The van der Waals surface area contributed by atoms with Crippen molar-refractivity contribution in [3.63, 3.8) is 0 Å². The highest BCUT2D eigenvalue weighted by Gasteiger charge is 2.28. The van der Waals surface area contributed by atoms with Crippen molar-refractivity contribution in [2.45, 2.75) is 38.4 Å². The molecule has 0 fully saturated rings. The van der Waals surface area contributed by atoms with Gasteiger partial charge in [0.1, 0.15) is 5.75 Å². The van der Waals surface area contributed by atoms with Crippen LogP contribution >= 0.6 is 0 Å². The Hall–Kier alpha value is -1.92. The summed E-state index contributed by atoms with van der Waals surface area (Å²) in [5, 5.41) is 4.95. The standard InChI is InChI=1S/C15H19F3N2O2/c1-2-22-13-5-3-4-10-11(13)6-7-12(10)20-14(21)19-9-8-15(16,17)18/h3-5,12H,2,6-9H2,1H3,(H2,19,20,21)/t12-/m1/s1. The van der Waals surface area contributed by atoms with Crippen molar-refractivity contribution in [3.8, 4) is 5.75 Å². The van der Waals surface area contributed by atoms with Gasteiger partial charge in [0, 0.05) is 6.54 Å². The van der Waals surface area contributed by atoms with Gasteiger partial charge in [-0.1, -0.05) is 12.1 Å². The molecule has 1 aromatic carbocycles. The zero-order valence-corrected chi connectivity index (χ0v) is 12.3. The summed E-state index contributed by atoms with van der Waals surface area (Å²) in [6.07, 6.45) is -3.80. The van der Waals surface area contributed by atoms with Crippen molar-refractivity contribution < 1.29 is 22.7 Å². The van der Waals surface area contributed by atoms with Gasteiger partial charge in [-0.25, -0.2) is 4.79 Å². The number of amides is 2. The van der Waals surface area contributed by atoms with E-state index < -0.39 is 25.2 Å². The average molecular weight is 316 g/mol. The van der Waals surface area contributed by atoms with Crippen LogP contribution in [0.5, 0.6) is 5.75 Å². The van der Waals surface area contributed by atoms with Gasteiger partial charge in [0.2, 0.25) is 0 Å². The number of fused-ring (bicyclic) bond motifs is 1. The number of carbonyl (C=O) groups excluding carboxylic acids is 1. The Morgan fingerprint density at radius 2 is 2.18 bits per heavy atom. The highest BCUT2D eigenvalue weighted by atomic mass is 19.4. The van der Waals surface area contributed by atoms with Crippen molar-refractivity contribution in [2.75, 3.05) is 13.2 Å². The lowest BCUT2D eigenvalue weighted by Crippen LogP contribution is -2.38. The van der Waals surface area contributed by atoms with Gasteiger partial charge in [0.05, 0.1) is 19.1 Å². The fourth-order valence-corrected chi connectivity index (χ4v) is 2.59. The first-order valence-electron chi connectivity index (χ1n) is 7.26. The van der Waals surface area contributed by atoms with E-state index in [9.17, 15) is 18.0 Å². The predicted molar refractivity (Wildman–Crippen MR) is 75.9 cm³/mol. The van der Waals surface area contributed by atoms with Crippen molar-refractivity contribution in [1.29, 1.82) is 0 Å². The van der Waals surface area contributed by atoms with Gasteiger partial charge in [-0.15, -0.1) is 0 Å². The third-order valence-corrected chi connectivity index (χ3v) is 3.53. The van der Waals surface area contributed by atoms with E-state index in [-0.39, 0.29) is 6.04 Å². The van der Waals surface area contributed by atoms with Crippen LogP contribution in [-0.2, 0) is 6.42 Å². The SMILES string of the molecule is CCOc1cccc2c1CC[C@H]2NC(=O)NCCC(F)(F)F. The van der Waals surface area contributed by atoms with E-state index in [0.717, 1.165) is 23.3 Å². The van der Waals surface area contributed by atoms with Gasteiger partial charge >= 0.3 is 12.2 Å². The van der Waals surface area contributed by atoms with Crippen LogP contribution in [0.3, 0.4) is 0 Å². The monoisotopic (exact) mass is 316 g/mol. The first kappa shape index (κ1) is 16.5. The molecule has 1 aliphatic rings. The first-order valence-corrected chi connectivity index (χ1v) is 7.26. The molecule has 2 amide bonds. The maximum absolute atomic E-state index is 12.0. The fraction of sp³-hybridized carbons (Fsp3) is 0.533. The van der Waals surface area contributed by atoms with Gasteiger partial charge < -0.3 is 15.4 Å². The van der Waals surface area contributed by atoms with Crippen molar-refractivity contribution in [2.24, 2.45) is 0 Å². The quantitative estimate of drug-likeness (QED) is 0.875. The van der Waals surface area contributed by atoms with Crippen LogP contribution < -0.4 is 15.4 Å². The lowest BCUT2D eigenvalue weighted by Gasteiger charge is -2.16. The molecule has 2 rings (SSSR count). The van der Waals surface area contributed by atoms with Gasteiger partial charge in [0.15, 0.2) is 0 Å². The molecule has 1 atom stereocenters. The molecule has 2 N–H and O–H groups in total. The maximum Gasteiger partial charge on any atom is 0.390 e. The normalized spacial score (nSPS) is 17.0. The molecule has 0 radical (unpaired) electrons. The highest BCUT2D eigenvalue weighted by molar-refractivity contribution is 5.74. The van der Waals surface area contributed by atoms with E-state index in [1.54, 1.807) is 0 Å². The second-order valence-corrected chi connectivity index (χ2v) is 5.11. The maximum atomic E-state index is 12.0. The van der Waals surface area contributed by atoms with Crippen LogP contribution in [-0.4, -0.2) is 25.4 Å². The number of ether oxygens (including phenoxy) is 1. The predicted octanol–water partition coefficient (Wildman–Crippen LogP) is 3.32. The molecule has 0 spiro atoms. The van der Waals surface area contributed by atoms with Gasteiger partial charge in [-0.3, -0.25) is 0 Å². The molecular weight excluding hydrogens is 297 g/mol. The van der Waals surface area contributed by atoms with Gasteiger partial charge in [-0.2, -0.15) is 13.2 Å². The summed E-state index contributed by atoms with van der Waals surface area (Å²) in [6.45, 7) is 2.04. The molecule has 0 bridgehead atoms. The molecule has 22 heavy (non-hydrogen) atoms. The lowest BCUT2D eigenvalue weighted by atomic mass is 10.1. The second-order valence-electron chi connectivity index (χ2n) is 5.11. The van der Waals surface area contributed by atoms with E-state index in [0.29, 0.717) is 13.0 Å². The second kappa shape index (κ2) is 6.89. The summed E-state index contributed by atoms with van der Waals surface area (Å²) in [6, 6.07) is 4.87. The fourth-order valence-electron chi connectivity index (χ4n) is 2.59. The Balaban J connectivity index is 1.91. The van der Waals surface area contributed by atoms with Crippen molar-refractivity contribution >= 4 is 6.03 Å². The number of hydrogen-bond acceptors (Lipinski definition) is 2. The number of hydrogen-bond donors (Lipinski definition) is 2. The molecule has 7 heteroatoms. The highest BCUT2D eigenvalue weighted by Crippen LogP contribution is 2.36. The third kappa shape index (κ3) is 4.29. The Morgan fingerprint density at radius 1 is 1.41 bits per heavy atom. The zero-order valence-electron chi connectivity index (χ0n) is 12.3. The lowest BCUT2D eigenvalue weighted by molar-refractivity contribution is -0.132. The molecule has 1 aliphatic carbocycles. The van der Waals surface area contributed by atoms with Crippen LogP contribution in [0.4, 0.5) is 18.0 Å². The molecule has 1 aromatic rings. The van der Waals surface area contributed by atoms with E-state index >= 15 is 0 Å². The van der Waals surface area contributed by atoms with E-state index in [4.69, 9.17) is 4.74 Å². The van der Waals surface area contributed by atoms with Gasteiger partial charge in [0.25, 0.3) is 0 Å². The zero-order chi connectivity index (χ0) is 16.2. The summed E-state index contributed by atoms with van der Waals surface area (Å²) in [5.41, 5.74) is 2.03. The van der Waals surface area contributed by atoms with Gasteiger partial charge in [-0.05, 0) is 37.0 Å². The van der Waals surface area contributed by atoms with E-state index in [1.165, 1.54) is 0 Å². The summed E-state index contributed by atoms with van der Waals surface area (Å²) in [4.78, 5) is 11.7. The molecule has 0 aromatic heterocycles. The van der Waals surface area contributed by atoms with E-state index in [1.807, 2.05) is 25.1 Å². The molecule has 122 valence electrons. The molecule has 0 saturated carbocycles. The largest absolute Gasteiger partial charge is 0.494 e. The number of halogens is 3. The number of rotatable bonds is 5. The summed E-state index contributed by atoms with van der Waals surface area (Å²) < 4.78 is 41.7. The van der Waals surface area contributed by atoms with Crippen LogP contribution in [0, 0.1) is 0 Å². The minimum Gasteiger partial charge on any atom is -0.494 e. The number of alkyl halides is 3. The topological polar surface area (TPSA) is 50.4 Å². The molecule has 0 saturated heterocycles. The number of urea groups is 1. The Bertz CT molecular complexity index is 532. The number of nitrogens with one attached hydrogen (secondary N) is 2. The van der Waals surface area contributed by atoms with Crippen LogP contribution in [0.15, 0.2) is 18.2 Å².